The molecule has 0 radical (unpaired) electrons. The average Bonchev–Trinajstić information content (AvgIpc) is 3.61. The molecule has 2 aliphatic rings. The van der Waals surface area contributed by atoms with Gasteiger partial charge in [-0.15, -0.1) is 0 Å². The lowest BCUT2D eigenvalue weighted by atomic mass is 10.0. The number of aryl methyl sites for hydroxylation is 2. The number of nitrogens with zero attached hydrogens (tertiary/aromatic N) is 3. The fourth-order valence-electron chi connectivity index (χ4n) is 4.16. The summed E-state index contributed by atoms with van der Waals surface area (Å²) in [5.74, 6) is 0.329. The van der Waals surface area contributed by atoms with E-state index >= 15 is 0 Å². The number of rotatable bonds is 5. The Kier molecular flexibility index (Phi) is 7.44. The molecule has 0 spiro atoms. The van der Waals surface area contributed by atoms with Gasteiger partial charge in [0, 0.05) is 25.8 Å². The standard InChI is InChI=1S/C21H28N4O4.CH2O2/c1-4-5-6-14-10-25(11-16(29-14)13-7-8-13)20(27)15-9-12(2)22-18-17(15)19(26)23-21(28)24(18)3;2-1-3/h9,13-14,16H,4-8,10-11H2,1-3H3,(H,23,26,28);1H,(H,2,3)/t14-,16-;/m1./s1. The second-order valence-electron chi connectivity index (χ2n) is 8.42. The minimum absolute atomic E-state index is 0.0232. The van der Waals surface area contributed by atoms with Crippen LogP contribution in [0.4, 0.5) is 0 Å². The molecule has 1 saturated carbocycles. The Hall–Kier alpha value is -3.01. The van der Waals surface area contributed by atoms with Crippen molar-refractivity contribution in [2.24, 2.45) is 13.0 Å². The van der Waals surface area contributed by atoms with Gasteiger partial charge in [0.15, 0.2) is 0 Å². The summed E-state index contributed by atoms with van der Waals surface area (Å²) in [6.45, 7) is 4.72. The van der Waals surface area contributed by atoms with Gasteiger partial charge in [0.05, 0.1) is 23.2 Å². The molecule has 174 valence electrons. The minimum atomic E-state index is -0.575. The lowest BCUT2D eigenvalue weighted by Crippen LogP contribution is -2.51. The molecule has 2 atom stereocenters. The monoisotopic (exact) mass is 446 g/mol. The number of morpholine rings is 1. The van der Waals surface area contributed by atoms with E-state index in [2.05, 4.69) is 16.9 Å². The second kappa shape index (κ2) is 10.1. The number of aromatic amines is 1. The molecular weight excluding hydrogens is 416 g/mol. The van der Waals surface area contributed by atoms with Crippen LogP contribution in [0.3, 0.4) is 0 Å². The molecule has 1 saturated heterocycles. The van der Waals surface area contributed by atoms with Crippen molar-refractivity contribution in [2.75, 3.05) is 13.1 Å². The quantitative estimate of drug-likeness (QED) is 0.664. The van der Waals surface area contributed by atoms with E-state index in [-0.39, 0.29) is 35.6 Å². The molecule has 10 nitrogen and oxygen atoms in total. The number of hydrogen-bond acceptors (Lipinski definition) is 6. The van der Waals surface area contributed by atoms with Crippen molar-refractivity contribution in [3.05, 3.63) is 38.2 Å². The second-order valence-corrected chi connectivity index (χ2v) is 8.42. The predicted octanol–water partition coefficient (Wildman–Crippen LogP) is 1.44. The van der Waals surface area contributed by atoms with E-state index in [9.17, 15) is 14.4 Å². The number of amides is 1. The molecule has 1 aliphatic heterocycles. The molecule has 2 N–H and O–H groups in total. The SMILES string of the molecule is CCCC[C@@H]1CN(C(=O)c2cc(C)nc3c2c(=O)[nH]c(=O)n3C)C[C@H](C2CC2)O1.O=CO. The highest BCUT2D eigenvalue weighted by Gasteiger charge is 2.40. The van der Waals surface area contributed by atoms with Gasteiger partial charge in [-0.05, 0) is 38.2 Å². The van der Waals surface area contributed by atoms with E-state index in [1.54, 1.807) is 20.0 Å². The van der Waals surface area contributed by atoms with Crippen LogP contribution < -0.4 is 11.2 Å². The summed E-state index contributed by atoms with van der Waals surface area (Å²) in [6, 6.07) is 1.65. The lowest BCUT2D eigenvalue weighted by molar-refractivity contribution is -0.122. The first-order valence-electron chi connectivity index (χ1n) is 10.9. The molecule has 1 amide bonds. The number of pyridine rings is 1. The van der Waals surface area contributed by atoms with Gasteiger partial charge in [-0.3, -0.25) is 23.9 Å². The number of ether oxygens (including phenoxy) is 1. The van der Waals surface area contributed by atoms with Crippen LogP contribution in [0.5, 0.6) is 0 Å². The summed E-state index contributed by atoms with van der Waals surface area (Å²) in [6.07, 6.45) is 5.44. The maximum atomic E-state index is 13.5. The molecule has 3 heterocycles. The van der Waals surface area contributed by atoms with Crippen LogP contribution in [0.1, 0.15) is 55.1 Å². The van der Waals surface area contributed by atoms with Crippen molar-refractivity contribution in [1.29, 1.82) is 0 Å². The van der Waals surface area contributed by atoms with E-state index < -0.39 is 11.2 Å². The number of aromatic nitrogens is 3. The van der Waals surface area contributed by atoms with Crippen molar-refractivity contribution in [1.82, 2.24) is 19.4 Å². The minimum Gasteiger partial charge on any atom is -0.483 e. The number of carboxylic acid groups (broad SMARTS) is 1. The number of fused-ring (bicyclic) bond motifs is 1. The highest BCUT2D eigenvalue weighted by Crippen LogP contribution is 2.37. The molecule has 2 aromatic heterocycles. The van der Waals surface area contributed by atoms with Crippen LogP contribution in [0.15, 0.2) is 15.7 Å². The molecule has 0 bridgehead atoms. The van der Waals surface area contributed by atoms with Gasteiger partial charge < -0.3 is 14.7 Å². The smallest absolute Gasteiger partial charge is 0.329 e. The Morgan fingerprint density at radius 3 is 2.66 bits per heavy atom. The Morgan fingerprint density at radius 2 is 2.03 bits per heavy atom. The van der Waals surface area contributed by atoms with E-state index in [1.807, 2.05) is 4.90 Å². The molecular formula is C22H30N4O6. The van der Waals surface area contributed by atoms with Crippen molar-refractivity contribution >= 4 is 23.4 Å². The third-order valence-corrected chi connectivity index (χ3v) is 5.93. The Balaban J connectivity index is 0.000000913. The zero-order valence-corrected chi connectivity index (χ0v) is 18.7. The molecule has 1 aliphatic carbocycles. The fraction of sp³-hybridized carbons (Fsp3) is 0.591. The normalized spacial score (nSPS) is 20.5. The topological polar surface area (TPSA) is 135 Å². The highest BCUT2D eigenvalue weighted by molar-refractivity contribution is 6.05. The summed E-state index contributed by atoms with van der Waals surface area (Å²) in [4.78, 5) is 54.9. The first-order valence-corrected chi connectivity index (χ1v) is 10.9. The first kappa shape index (κ1) is 23.6. The van der Waals surface area contributed by atoms with E-state index in [1.165, 1.54) is 4.57 Å². The Bertz CT molecular complexity index is 1100. The van der Waals surface area contributed by atoms with Crippen molar-refractivity contribution in [3.63, 3.8) is 0 Å². The van der Waals surface area contributed by atoms with Crippen LogP contribution in [0.2, 0.25) is 0 Å². The van der Waals surface area contributed by atoms with Crippen LogP contribution >= 0.6 is 0 Å². The third-order valence-electron chi connectivity index (χ3n) is 5.93. The highest BCUT2D eigenvalue weighted by atomic mass is 16.5. The van der Waals surface area contributed by atoms with Crippen molar-refractivity contribution in [2.45, 2.75) is 58.2 Å². The predicted molar refractivity (Wildman–Crippen MR) is 118 cm³/mol. The molecule has 4 rings (SSSR count). The summed E-state index contributed by atoms with van der Waals surface area (Å²) >= 11 is 0. The molecule has 2 aromatic rings. The van der Waals surface area contributed by atoms with Gasteiger partial charge >= 0.3 is 5.69 Å². The zero-order valence-electron chi connectivity index (χ0n) is 18.7. The van der Waals surface area contributed by atoms with E-state index in [0.29, 0.717) is 30.3 Å². The number of carbonyl (C=O) groups is 2. The fourth-order valence-corrected chi connectivity index (χ4v) is 4.16. The van der Waals surface area contributed by atoms with Gasteiger partial charge in [0.2, 0.25) is 0 Å². The summed E-state index contributed by atoms with van der Waals surface area (Å²) < 4.78 is 7.55. The van der Waals surface area contributed by atoms with Crippen LogP contribution in [0.25, 0.3) is 11.0 Å². The lowest BCUT2D eigenvalue weighted by Gasteiger charge is -2.38. The maximum absolute atomic E-state index is 13.5. The average molecular weight is 447 g/mol. The molecule has 32 heavy (non-hydrogen) atoms. The van der Waals surface area contributed by atoms with Gasteiger partial charge in [0.25, 0.3) is 17.9 Å². The van der Waals surface area contributed by atoms with E-state index in [4.69, 9.17) is 14.6 Å². The Labute approximate surface area is 185 Å². The van der Waals surface area contributed by atoms with Gasteiger partial charge in [-0.1, -0.05) is 19.8 Å². The largest absolute Gasteiger partial charge is 0.483 e. The van der Waals surface area contributed by atoms with Crippen LogP contribution in [0, 0.1) is 12.8 Å². The van der Waals surface area contributed by atoms with Crippen molar-refractivity contribution < 1.29 is 19.4 Å². The molecule has 0 aromatic carbocycles. The van der Waals surface area contributed by atoms with E-state index in [0.717, 1.165) is 32.1 Å². The number of carbonyl (C=O) groups excluding carboxylic acids is 1. The zero-order chi connectivity index (χ0) is 23.4. The van der Waals surface area contributed by atoms with Crippen LogP contribution in [-0.2, 0) is 16.6 Å². The number of unbranched alkanes of at least 4 members (excludes halogenated alkanes) is 1. The molecule has 2 fully saturated rings. The third kappa shape index (κ3) is 5.07. The number of hydrogen-bond donors (Lipinski definition) is 2. The molecule has 0 unspecified atom stereocenters. The number of H-pyrrole nitrogens is 1. The van der Waals surface area contributed by atoms with Gasteiger partial charge in [-0.25, -0.2) is 9.78 Å². The van der Waals surface area contributed by atoms with Gasteiger partial charge in [-0.2, -0.15) is 0 Å². The maximum Gasteiger partial charge on any atom is 0.329 e. The van der Waals surface area contributed by atoms with Crippen LogP contribution in [-0.4, -0.2) is 62.2 Å². The first-order chi connectivity index (χ1) is 15.3. The van der Waals surface area contributed by atoms with Crippen molar-refractivity contribution in [3.8, 4) is 0 Å². The molecule has 10 heteroatoms. The summed E-state index contributed by atoms with van der Waals surface area (Å²) in [5, 5.41) is 7.06. The summed E-state index contributed by atoms with van der Waals surface area (Å²) in [7, 11) is 1.54. The summed E-state index contributed by atoms with van der Waals surface area (Å²) in [5.41, 5.74) is 0.00921. The van der Waals surface area contributed by atoms with Gasteiger partial charge in [0.1, 0.15) is 5.65 Å². The Morgan fingerprint density at radius 1 is 1.34 bits per heavy atom. The number of nitrogens with one attached hydrogen (secondary N) is 1.